The normalized spacial score (nSPS) is 42.1. The first-order valence-electron chi connectivity index (χ1n) is 6.48. The molecular weight excluding hydrogens is 248 g/mol. The maximum atomic E-state index is 10.1. The lowest BCUT2D eigenvalue weighted by molar-refractivity contribution is -0.131. The Hall–Kier alpha value is -0.980. The van der Waals surface area contributed by atoms with Gasteiger partial charge in [-0.05, 0) is 0 Å². The number of benzene rings is 1. The maximum absolute atomic E-state index is 10.1. The molecule has 5 atom stereocenters. The molecular formula is C14H18O5. The van der Waals surface area contributed by atoms with Crippen molar-refractivity contribution in [2.75, 3.05) is 6.61 Å². The van der Waals surface area contributed by atoms with Crippen molar-refractivity contribution >= 4 is 0 Å². The molecule has 5 nitrogen and oxygen atoms in total. The largest absolute Gasteiger partial charge is 0.393 e. The Kier molecular flexibility index (Phi) is 3.32. The Morgan fingerprint density at radius 1 is 1.16 bits per heavy atom. The van der Waals surface area contributed by atoms with E-state index in [0.29, 0.717) is 0 Å². The number of hydrogen-bond acceptors (Lipinski definition) is 5. The number of rotatable bonds is 2. The number of fused-ring (bicyclic) bond motifs is 1. The molecule has 1 heterocycles. The first-order chi connectivity index (χ1) is 9.11. The summed E-state index contributed by atoms with van der Waals surface area (Å²) in [6, 6.07) is 9.49. The lowest BCUT2D eigenvalue weighted by atomic mass is 9.80. The minimum absolute atomic E-state index is 0.107. The molecule has 2 aliphatic rings. The van der Waals surface area contributed by atoms with Gasteiger partial charge in [0.05, 0.1) is 24.4 Å². The van der Waals surface area contributed by atoms with Crippen molar-refractivity contribution in [3.8, 4) is 0 Å². The topological polar surface area (TPSA) is 79.2 Å². The van der Waals surface area contributed by atoms with Crippen LogP contribution < -0.4 is 0 Å². The van der Waals surface area contributed by atoms with E-state index in [0.717, 1.165) is 5.56 Å². The van der Waals surface area contributed by atoms with Crippen LogP contribution in [0.3, 0.4) is 0 Å². The summed E-state index contributed by atoms with van der Waals surface area (Å²) in [4.78, 5) is 0. The number of hydrogen-bond donors (Lipinski definition) is 3. The fraction of sp³-hybridized carbons (Fsp3) is 0.571. The third-order valence-corrected chi connectivity index (χ3v) is 3.86. The molecule has 5 heteroatoms. The van der Waals surface area contributed by atoms with Crippen LogP contribution in [0.1, 0.15) is 24.7 Å². The van der Waals surface area contributed by atoms with E-state index in [-0.39, 0.29) is 19.4 Å². The second-order valence-electron chi connectivity index (χ2n) is 5.38. The van der Waals surface area contributed by atoms with E-state index in [9.17, 15) is 15.3 Å². The summed E-state index contributed by atoms with van der Waals surface area (Å²) >= 11 is 0. The zero-order valence-electron chi connectivity index (χ0n) is 10.5. The minimum Gasteiger partial charge on any atom is -0.393 e. The molecule has 3 rings (SSSR count). The summed E-state index contributed by atoms with van der Waals surface area (Å²) in [5.41, 5.74) is -0.396. The van der Waals surface area contributed by atoms with E-state index in [2.05, 4.69) is 0 Å². The molecule has 1 aromatic carbocycles. The summed E-state index contributed by atoms with van der Waals surface area (Å²) in [6.45, 7) is -0.382. The van der Waals surface area contributed by atoms with Crippen molar-refractivity contribution in [3.63, 3.8) is 0 Å². The lowest BCUT2D eigenvalue weighted by Gasteiger charge is -2.38. The fourth-order valence-electron chi connectivity index (χ4n) is 2.86. The molecule has 1 aromatic rings. The molecule has 0 spiro atoms. The molecule has 0 aromatic heterocycles. The highest BCUT2D eigenvalue weighted by Crippen LogP contribution is 2.41. The predicted molar refractivity (Wildman–Crippen MR) is 66.2 cm³/mol. The van der Waals surface area contributed by atoms with Gasteiger partial charge in [0.25, 0.3) is 0 Å². The summed E-state index contributed by atoms with van der Waals surface area (Å²) in [5.74, 6) is 0. The average Bonchev–Trinajstić information content (AvgIpc) is 2.84. The molecule has 2 fully saturated rings. The summed E-state index contributed by atoms with van der Waals surface area (Å²) in [6.07, 6.45) is -1.82. The van der Waals surface area contributed by atoms with Gasteiger partial charge in [0.2, 0.25) is 0 Å². The van der Waals surface area contributed by atoms with Gasteiger partial charge in [0.15, 0.2) is 6.29 Å². The first kappa shape index (κ1) is 13.0. The van der Waals surface area contributed by atoms with Gasteiger partial charge in [-0.15, -0.1) is 0 Å². The predicted octanol–water partition coefficient (Wildman–Crippen LogP) is 0.347. The van der Waals surface area contributed by atoms with E-state index >= 15 is 0 Å². The second kappa shape index (κ2) is 4.85. The van der Waals surface area contributed by atoms with Crippen LogP contribution in [-0.4, -0.2) is 45.8 Å². The van der Waals surface area contributed by atoms with Gasteiger partial charge < -0.3 is 24.8 Å². The van der Waals surface area contributed by atoms with Crippen LogP contribution in [-0.2, 0) is 9.47 Å². The third-order valence-electron chi connectivity index (χ3n) is 3.86. The van der Waals surface area contributed by atoms with Gasteiger partial charge in [0, 0.05) is 18.4 Å². The van der Waals surface area contributed by atoms with Gasteiger partial charge in [-0.2, -0.15) is 0 Å². The zero-order valence-corrected chi connectivity index (χ0v) is 10.5. The Bertz CT molecular complexity index is 437. The molecule has 3 N–H and O–H groups in total. The molecule has 1 saturated carbocycles. The molecule has 1 aliphatic heterocycles. The van der Waals surface area contributed by atoms with E-state index in [1.165, 1.54) is 0 Å². The molecule has 19 heavy (non-hydrogen) atoms. The van der Waals surface area contributed by atoms with Gasteiger partial charge in [-0.1, -0.05) is 30.3 Å². The molecule has 1 saturated heterocycles. The Labute approximate surface area is 111 Å². The average molecular weight is 266 g/mol. The second-order valence-corrected chi connectivity index (χ2v) is 5.38. The zero-order chi connectivity index (χ0) is 13.5. The molecule has 0 bridgehead atoms. The molecule has 104 valence electrons. The lowest BCUT2D eigenvalue weighted by Crippen LogP contribution is -2.52. The van der Waals surface area contributed by atoms with Crippen LogP contribution in [0.15, 0.2) is 30.3 Å². The summed E-state index contributed by atoms with van der Waals surface area (Å²) in [7, 11) is 0. The van der Waals surface area contributed by atoms with Crippen LogP contribution in [0.2, 0.25) is 0 Å². The van der Waals surface area contributed by atoms with E-state index in [1.54, 1.807) is 0 Å². The number of aliphatic hydroxyl groups is 3. The van der Waals surface area contributed by atoms with Crippen molar-refractivity contribution in [3.05, 3.63) is 35.9 Å². The third kappa shape index (κ3) is 2.40. The van der Waals surface area contributed by atoms with E-state index < -0.39 is 30.2 Å². The van der Waals surface area contributed by atoms with Crippen molar-refractivity contribution in [2.24, 2.45) is 0 Å². The summed E-state index contributed by atoms with van der Waals surface area (Å²) < 4.78 is 11.5. The highest BCUT2D eigenvalue weighted by atomic mass is 16.7. The number of ether oxygens (including phenoxy) is 2. The van der Waals surface area contributed by atoms with Crippen LogP contribution in [0.4, 0.5) is 0 Å². The van der Waals surface area contributed by atoms with E-state index in [1.807, 2.05) is 30.3 Å². The standard InChI is InChI=1S/C14H18O5/c15-8-14(17)6-10(16)12-11(7-14)18-13(19-12)9-4-2-1-3-5-9/h1-5,10-13,15-17H,6-8H2/t10-,11-,12+,13?,14-/m1/s1. The highest BCUT2D eigenvalue weighted by Gasteiger charge is 2.51. The molecule has 1 aliphatic carbocycles. The van der Waals surface area contributed by atoms with Crippen LogP contribution in [0, 0.1) is 0 Å². The SMILES string of the molecule is OC[C@@]1(O)C[C@@H](O)[C@@H]2OC(c3ccccc3)O[C@@H]2C1. The van der Waals surface area contributed by atoms with Crippen LogP contribution in [0.5, 0.6) is 0 Å². The Morgan fingerprint density at radius 2 is 1.89 bits per heavy atom. The van der Waals surface area contributed by atoms with Crippen molar-refractivity contribution in [1.82, 2.24) is 0 Å². The number of aliphatic hydroxyl groups excluding tert-OH is 2. The van der Waals surface area contributed by atoms with Gasteiger partial charge in [-0.3, -0.25) is 0 Å². The van der Waals surface area contributed by atoms with E-state index in [4.69, 9.17) is 9.47 Å². The molecule has 1 unspecified atom stereocenters. The quantitative estimate of drug-likeness (QED) is 0.719. The van der Waals surface area contributed by atoms with Crippen LogP contribution in [0.25, 0.3) is 0 Å². The Balaban J connectivity index is 1.77. The molecule has 0 amide bonds. The van der Waals surface area contributed by atoms with Crippen molar-refractivity contribution in [1.29, 1.82) is 0 Å². The van der Waals surface area contributed by atoms with Crippen molar-refractivity contribution < 1.29 is 24.8 Å². The summed E-state index contributed by atoms with van der Waals surface area (Å²) in [5, 5.41) is 29.4. The van der Waals surface area contributed by atoms with Gasteiger partial charge >= 0.3 is 0 Å². The minimum atomic E-state index is -1.28. The smallest absolute Gasteiger partial charge is 0.184 e. The van der Waals surface area contributed by atoms with Crippen molar-refractivity contribution in [2.45, 2.75) is 43.0 Å². The molecule has 0 radical (unpaired) electrons. The monoisotopic (exact) mass is 266 g/mol. The Morgan fingerprint density at radius 3 is 2.58 bits per heavy atom. The van der Waals surface area contributed by atoms with Gasteiger partial charge in [0.1, 0.15) is 6.10 Å². The fourth-order valence-corrected chi connectivity index (χ4v) is 2.86. The van der Waals surface area contributed by atoms with Gasteiger partial charge in [-0.25, -0.2) is 0 Å². The van der Waals surface area contributed by atoms with Crippen LogP contribution >= 0.6 is 0 Å². The maximum Gasteiger partial charge on any atom is 0.184 e. The highest BCUT2D eigenvalue weighted by molar-refractivity contribution is 5.17. The first-order valence-corrected chi connectivity index (χ1v) is 6.48.